The van der Waals surface area contributed by atoms with Crippen LogP contribution in [-0.2, 0) is 14.3 Å². The van der Waals surface area contributed by atoms with Crippen LogP contribution in [0.25, 0.3) is 0 Å². The number of benzene rings is 1. The molecule has 0 aliphatic heterocycles. The van der Waals surface area contributed by atoms with Crippen LogP contribution in [0.1, 0.15) is 32.9 Å². The van der Waals surface area contributed by atoms with Gasteiger partial charge in [-0.25, -0.2) is 9.67 Å². The minimum atomic E-state index is -1.06. The lowest BCUT2D eigenvalue weighted by Gasteiger charge is -2.28. The fourth-order valence-electron chi connectivity index (χ4n) is 2.16. The lowest BCUT2D eigenvalue weighted by atomic mass is 9.88. The minimum absolute atomic E-state index is 0.0812. The summed E-state index contributed by atoms with van der Waals surface area (Å²) in [6, 6.07) is 6.62. The Morgan fingerprint density at radius 2 is 1.96 bits per heavy atom. The van der Waals surface area contributed by atoms with Gasteiger partial charge >= 0.3 is 5.97 Å². The molecule has 2 aromatic rings. The molecule has 146 valence electrons. The van der Waals surface area contributed by atoms with Gasteiger partial charge in [-0.15, -0.1) is 11.6 Å². The Morgan fingerprint density at radius 3 is 2.56 bits per heavy atom. The van der Waals surface area contributed by atoms with Gasteiger partial charge in [0.1, 0.15) is 25.0 Å². The molecule has 1 aromatic heterocycles. The molecule has 0 saturated carbocycles. The summed E-state index contributed by atoms with van der Waals surface area (Å²) in [4.78, 5) is 28.7. The van der Waals surface area contributed by atoms with Gasteiger partial charge in [0.2, 0.25) is 5.78 Å². The second kappa shape index (κ2) is 9.71. The van der Waals surface area contributed by atoms with Crippen molar-refractivity contribution in [2.45, 2.75) is 32.9 Å². The Kier molecular flexibility index (Phi) is 7.62. The number of hydrogen-bond donors (Lipinski definition) is 0. The van der Waals surface area contributed by atoms with Crippen LogP contribution in [0.15, 0.2) is 36.9 Å². The molecule has 27 heavy (non-hydrogen) atoms. The first-order chi connectivity index (χ1) is 12.8. The Labute approximate surface area is 167 Å². The second-order valence-corrected chi connectivity index (χ2v) is 7.32. The number of hydrogen-bond acceptors (Lipinski definition) is 6. The number of carbonyl (C=O) groups excluding carboxylic acids is 2. The number of halogens is 2. The summed E-state index contributed by atoms with van der Waals surface area (Å²) in [5.41, 5.74) is -1.00. The minimum Gasteiger partial charge on any atom is -0.465 e. The average Bonchev–Trinajstić information content (AvgIpc) is 3.18. The van der Waals surface area contributed by atoms with Crippen LogP contribution in [-0.4, -0.2) is 39.0 Å². The molecule has 1 aromatic carbocycles. The van der Waals surface area contributed by atoms with Crippen LogP contribution in [0.3, 0.4) is 0 Å². The van der Waals surface area contributed by atoms with E-state index in [0.29, 0.717) is 23.1 Å². The normalized spacial score (nSPS) is 12.4. The number of alkyl halides is 1. The fraction of sp³-hybridized carbons (Fsp3) is 0.444. The van der Waals surface area contributed by atoms with Crippen molar-refractivity contribution in [3.63, 3.8) is 0 Å². The first-order valence-corrected chi connectivity index (χ1v) is 9.27. The van der Waals surface area contributed by atoms with E-state index in [9.17, 15) is 9.59 Å². The highest BCUT2D eigenvalue weighted by Gasteiger charge is 2.38. The van der Waals surface area contributed by atoms with Crippen LogP contribution in [0.4, 0.5) is 0 Å². The Morgan fingerprint density at radius 1 is 1.26 bits per heavy atom. The second-order valence-electron chi connectivity index (χ2n) is 6.50. The Bertz CT molecular complexity index is 748. The molecule has 0 spiro atoms. The number of Topliss-reactive ketones (excluding diaryl/α,β-unsaturated/α-hetero) is 1. The number of ether oxygens (including phenoxy) is 2. The summed E-state index contributed by atoms with van der Waals surface area (Å²) in [6.07, 6.45) is 2.37. The number of aromatic nitrogens is 3. The van der Waals surface area contributed by atoms with Gasteiger partial charge in [-0.3, -0.25) is 9.59 Å². The quantitative estimate of drug-likeness (QED) is 0.436. The zero-order chi connectivity index (χ0) is 19.9. The molecule has 0 amide bonds. The van der Waals surface area contributed by atoms with Crippen molar-refractivity contribution >= 4 is 35.0 Å². The van der Waals surface area contributed by atoms with Crippen molar-refractivity contribution in [3.8, 4) is 5.75 Å². The number of rotatable bonds is 10. The van der Waals surface area contributed by atoms with Crippen molar-refractivity contribution in [3.05, 3.63) is 41.9 Å². The molecule has 1 atom stereocenters. The maximum Gasteiger partial charge on any atom is 0.305 e. The molecular weight excluding hydrogens is 393 g/mol. The molecular formula is C18H21Cl2N3O4. The third-order valence-corrected chi connectivity index (χ3v) is 4.26. The fourth-order valence-corrected chi connectivity index (χ4v) is 2.42. The summed E-state index contributed by atoms with van der Waals surface area (Å²) in [7, 11) is 0. The third kappa shape index (κ3) is 6.22. The molecule has 7 nitrogen and oxygen atoms in total. The van der Waals surface area contributed by atoms with Crippen LogP contribution < -0.4 is 4.74 Å². The van der Waals surface area contributed by atoms with Gasteiger partial charge in [0, 0.05) is 17.3 Å². The molecule has 0 saturated heterocycles. The van der Waals surface area contributed by atoms with Crippen molar-refractivity contribution < 1.29 is 19.1 Å². The standard InChI is InChI=1S/C18H21Cl2N3O4/c1-18(2,10-26-15(24)4-3-9-19)16(25)17(23-12-21-11-22-23)27-14-7-5-13(20)6-8-14/h5-8,11-12,17H,3-4,9-10H2,1-2H3. The largest absolute Gasteiger partial charge is 0.465 e. The summed E-state index contributed by atoms with van der Waals surface area (Å²) in [5, 5.41) is 4.56. The molecule has 9 heteroatoms. The van der Waals surface area contributed by atoms with E-state index in [4.69, 9.17) is 32.7 Å². The number of ketones is 1. The zero-order valence-electron chi connectivity index (χ0n) is 15.1. The van der Waals surface area contributed by atoms with Crippen LogP contribution in [0.5, 0.6) is 5.75 Å². The molecule has 1 unspecified atom stereocenters. The molecule has 1 heterocycles. The van der Waals surface area contributed by atoms with Crippen LogP contribution in [0, 0.1) is 5.41 Å². The van der Waals surface area contributed by atoms with E-state index in [1.807, 2.05) is 0 Å². The summed E-state index contributed by atoms with van der Waals surface area (Å²) in [6.45, 7) is 3.28. The van der Waals surface area contributed by atoms with Gasteiger partial charge in [0.15, 0.2) is 0 Å². The molecule has 0 bridgehead atoms. The molecule has 0 radical (unpaired) electrons. The molecule has 0 aliphatic carbocycles. The predicted octanol–water partition coefficient (Wildman–Crippen LogP) is 3.67. The average molecular weight is 414 g/mol. The van der Waals surface area contributed by atoms with E-state index in [1.54, 1.807) is 38.1 Å². The van der Waals surface area contributed by atoms with Gasteiger partial charge in [0.05, 0.1) is 5.41 Å². The molecule has 2 rings (SSSR count). The van der Waals surface area contributed by atoms with Crippen molar-refractivity contribution in [2.24, 2.45) is 5.41 Å². The number of nitrogens with zero attached hydrogens (tertiary/aromatic N) is 3. The molecule has 0 aliphatic rings. The predicted molar refractivity (Wildman–Crippen MR) is 101 cm³/mol. The smallest absolute Gasteiger partial charge is 0.305 e. The van der Waals surface area contributed by atoms with Gasteiger partial charge < -0.3 is 9.47 Å². The summed E-state index contributed by atoms with van der Waals surface area (Å²) in [5.74, 6) is 0.115. The SMILES string of the molecule is CC(C)(COC(=O)CCCCl)C(=O)C(Oc1ccc(Cl)cc1)n1cncn1. The Hall–Kier alpha value is -2.12. The zero-order valence-corrected chi connectivity index (χ0v) is 16.6. The Balaban J connectivity index is 2.12. The highest BCUT2D eigenvalue weighted by Crippen LogP contribution is 2.28. The van der Waals surface area contributed by atoms with Gasteiger partial charge in [-0.05, 0) is 44.5 Å². The lowest BCUT2D eigenvalue weighted by molar-refractivity contribution is -0.152. The van der Waals surface area contributed by atoms with Gasteiger partial charge in [-0.2, -0.15) is 5.10 Å². The lowest BCUT2D eigenvalue weighted by Crippen LogP contribution is -2.39. The van der Waals surface area contributed by atoms with Crippen LogP contribution in [0.2, 0.25) is 5.02 Å². The maximum atomic E-state index is 13.1. The van der Waals surface area contributed by atoms with E-state index in [0.717, 1.165) is 0 Å². The maximum absolute atomic E-state index is 13.1. The number of esters is 1. The highest BCUT2D eigenvalue weighted by molar-refractivity contribution is 6.30. The van der Waals surface area contributed by atoms with Gasteiger partial charge in [-0.1, -0.05) is 11.6 Å². The van der Waals surface area contributed by atoms with Crippen molar-refractivity contribution in [2.75, 3.05) is 12.5 Å². The van der Waals surface area contributed by atoms with Gasteiger partial charge in [0.25, 0.3) is 6.23 Å². The van der Waals surface area contributed by atoms with Crippen molar-refractivity contribution in [1.82, 2.24) is 14.8 Å². The van der Waals surface area contributed by atoms with E-state index < -0.39 is 17.6 Å². The first-order valence-electron chi connectivity index (χ1n) is 8.36. The van der Waals surface area contributed by atoms with E-state index in [2.05, 4.69) is 10.1 Å². The van der Waals surface area contributed by atoms with E-state index in [1.165, 1.54) is 17.3 Å². The molecule has 0 fully saturated rings. The summed E-state index contributed by atoms with van der Waals surface area (Å²) < 4.78 is 12.4. The molecule has 0 N–H and O–H groups in total. The van der Waals surface area contributed by atoms with Crippen molar-refractivity contribution in [1.29, 1.82) is 0 Å². The van der Waals surface area contributed by atoms with Crippen LogP contribution >= 0.6 is 23.2 Å². The monoisotopic (exact) mass is 413 g/mol. The van der Waals surface area contributed by atoms with E-state index >= 15 is 0 Å². The first kappa shape index (κ1) is 21.2. The number of carbonyl (C=O) groups is 2. The highest BCUT2D eigenvalue weighted by atomic mass is 35.5. The third-order valence-electron chi connectivity index (χ3n) is 3.74. The topological polar surface area (TPSA) is 83.3 Å². The summed E-state index contributed by atoms with van der Waals surface area (Å²) >= 11 is 11.5. The van der Waals surface area contributed by atoms with E-state index in [-0.39, 0.29) is 18.8 Å².